The average molecular weight is 383 g/mol. The number of aromatic hydroxyl groups is 2. The number of nitrogens with zero attached hydrogens (tertiary/aromatic N) is 1. The molecule has 0 saturated carbocycles. The number of benzene rings is 2. The van der Waals surface area contributed by atoms with Crippen LogP contribution in [0.3, 0.4) is 0 Å². The van der Waals surface area contributed by atoms with E-state index >= 15 is 0 Å². The van der Waals surface area contributed by atoms with Gasteiger partial charge < -0.3 is 20.8 Å². The fourth-order valence-electron chi connectivity index (χ4n) is 3.08. The number of nitrogens with one attached hydrogen (secondary N) is 2. The summed E-state index contributed by atoms with van der Waals surface area (Å²) in [4.78, 5) is 38.1. The van der Waals surface area contributed by atoms with Gasteiger partial charge in [0, 0.05) is 6.54 Å². The first kappa shape index (κ1) is 19.2. The Morgan fingerprint density at radius 1 is 1.11 bits per heavy atom. The Labute approximate surface area is 161 Å². The molecular weight excluding hydrogens is 362 g/mol. The lowest BCUT2D eigenvalue weighted by Gasteiger charge is -2.22. The van der Waals surface area contributed by atoms with Gasteiger partial charge in [0.25, 0.3) is 5.91 Å². The van der Waals surface area contributed by atoms with E-state index in [1.165, 1.54) is 12.1 Å². The van der Waals surface area contributed by atoms with Crippen molar-refractivity contribution in [3.63, 3.8) is 0 Å². The fraction of sp³-hybridized carbons (Fsp3) is 0.250. The summed E-state index contributed by atoms with van der Waals surface area (Å²) in [5.41, 5.74) is 0.160. The largest absolute Gasteiger partial charge is 0.504 e. The molecule has 28 heavy (non-hydrogen) atoms. The molecule has 8 nitrogen and oxygen atoms in total. The van der Waals surface area contributed by atoms with E-state index in [-0.39, 0.29) is 24.6 Å². The highest BCUT2D eigenvalue weighted by Gasteiger charge is 2.49. The quantitative estimate of drug-likeness (QED) is 0.442. The number of carbonyl (C=O) groups is 3. The number of carbonyl (C=O) groups excluding carboxylic acids is 3. The van der Waals surface area contributed by atoms with E-state index in [0.717, 1.165) is 10.5 Å². The average Bonchev–Trinajstić information content (AvgIpc) is 2.89. The summed E-state index contributed by atoms with van der Waals surface area (Å²) in [6.07, 6.45) is 0.418. The van der Waals surface area contributed by atoms with Gasteiger partial charge in [0.15, 0.2) is 11.5 Å². The summed E-state index contributed by atoms with van der Waals surface area (Å²) in [6.45, 7) is 1.48. The number of hydrogen-bond donors (Lipinski definition) is 4. The van der Waals surface area contributed by atoms with Crippen LogP contribution < -0.4 is 10.6 Å². The molecule has 1 atom stereocenters. The Balaban J connectivity index is 1.57. The molecule has 8 heteroatoms. The molecule has 1 aliphatic heterocycles. The topological polar surface area (TPSA) is 119 Å². The Morgan fingerprint density at radius 2 is 1.82 bits per heavy atom. The molecule has 1 saturated heterocycles. The predicted octanol–water partition coefficient (Wildman–Crippen LogP) is 1.22. The summed E-state index contributed by atoms with van der Waals surface area (Å²) in [5.74, 6) is -1.40. The van der Waals surface area contributed by atoms with Crippen molar-refractivity contribution in [3.05, 3.63) is 59.7 Å². The molecule has 4 N–H and O–H groups in total. The molecule has 0 aliphatic carbocycles. The number of urea groups is 1. The Kier molecular flexibility index (Phi) is 5.21. The molecule has 1 fully saturated rings. The highest BCUT2D eigenvalue weighted by molar-refractivity contribution is 6.09. The molecule has 1 unspecified atom stereocenters. The third kappa shape index (κ3) is 3.75. The minimum atomic E-state index is -1.21. The zero-order chi connectivity index (χ0) is 20.3. The van der Waals surface area contributed by atoms with Crippen molar-refractivity contribution in [1.29, 1.82) is 0 Å². The molecule has 2 aromatic carbocycles. The molecule has 0 aromatic heterocycles. The fourth-order valence-corrected chi connectivity index (χ4v) is 3.08. The monoisotopic (exact) mass is 383 g/mol. The van der Waals surface area contributed by atoms with Crippen LogP contribution >= 0.6 is 0 Å². The van der Waals surface area contributed by atoms with Crippen molar-refractivity contribution in [2.45, 2.75) is 18.9 Å². The first-order chi connectivity index (χ1) is 13.3. The lowest BCUT2D eigenvalue weighted by molar-refractivity contribution is -0.134. The van der Waals surface area contributed by atoms with Gasteiger partial charge in [0.2, 0.25) is 5.91 Å². The van der Waals surface area contributed by atoms with Crippen molar-refractivity contribution < 1.29 is 24.6 Å². The lowest BCUT2D eigenvalue weighted by atomic mass is 9.92. The van der Waals surface area contributed by atoms with Crippen molar-refractivity contribution in [3.8, 4) is 11.5 Å². The van der Waals surface area contributed by atoms with Gasteiger partial charge >= 0.3 is 6.03 Å². The minimum Gasteiger partial charge on any atom is -0.504 e. The summed E-state index contributed by atoms with van der Waals surface area (Å²) < 4.78 is 0. The maximum atomic E-state index is 12.7. The molecule has 1 heterocycles. The molecular formula is C20H21N3O5. The van der Waals surface area contributed by atoms with Crippen molar-refractivity contribution in [1.82, 2.24) is 15.5 Å². The maximum absolute atomic E-state index is 12.7. The van der Waals surface area contributed by atoms with Crippen molar-refractivity contribution in [2.75, 3.05) is 13.1 Å². The number of rotatable bonds is 6. The molecule has 0 spiro atoms. The van der Waals surface area contributed by atoms with Gasteiger partial charge in [0.05, 0.1) is 0 Å². The van der Waals surface area contributed by atoms with Crippen LogP contribution in [0.4, 0.5) is 4.79 Å². The second-order valence-electron chi connectivity index (χ2n) is 6.74. The Bertz CT molecular complexity index is 915. The third-order valence-electron chi connectivity index (χ3n) is 4.70. The summed E-state index contributed by atoms with van der Waals surface area (Å²) in [6, 6.07) is 12.6. The summed E-state index contributed by atoms with van der Waals surface area (Å²) >= 11 is 0. The molecule has 3 rings (SSSR count). The van der Waals surface area contributed by atoms with Gasteiger partial charge in [-0.3, -0.25) is 14.5 Å². The number of phenolic OH excluding ortho intramolecular Hbond substituents is 2. The standard InChI is InChI=1S/C20H21N3O5/c1-20(14-5-3-2-4-6-14)18(27)23(19(28)22-20)12-17(26)21-10-9-13-7-8-15(24)16(25)11-13/h2-8,11,24-25H,9-10,12H2,1H3,(H,21,26)(H,22,28). The van der Waals surface area contributed by atoms with Gasteiger partial charge in [-0.25, -0.2) is 4.79 Å². The van der Waals surface area contributed by atoms with E-state index < -0.39 is 23.4 Å². The van der Waals surface area contributed by atoms with Gasteiger partial charge in [-0.2, -0.15) is 0 Å². The van der Waals surface area contributed by atoms with Crippen LogP contribution in [0.2, 0.25) is 0 Å². The smallest absolute Gasteiger partial charge is 0.325 e. The van der Waals surface area contributed by atoms with Crippen LogP contribution in [-0.4, -0.2) is 46.0 Å². The number of phenols is 2. The lowest BCUT2D eigenvalue weighted by Crippen LogP contribution is -2.43. The van der Waals surface area contributed by atoms with Gasteiger partial charge in [-0.1, -0.05) is 36.4 Å². The van der Waals surface area contributed by atoms with Gasteiger partial charge in [0.1, 0.15) is 12.1 Å². The van der Waals surface area contributed by atoms with Crippen LogP contribution in [0, 0.1) is 0 Å². The zero-order valence-electron chi connectivity index (χ0n) is 15.3. The van der Waals surface area contributed by atoms with E-state index in [9.17, 15) is 24.6 Å². The van der Waals surface area contributed by atoms with Gasteiger partial charge in [-0.05, 0) is 36.6 Å². The molecule has 0 bridgehead atoms. The first-order valence-corrected chi connectivity index (χ1v) is 8.78. The second-order valence-corrected chi connectivity index (χ2v) is 6.74. The summed E-state index contributed by atoms with van der Waals surface area (Å²) in [7, 11) is 0. The number of amides is 4. The maximum Gasteiger partial charge on any atom is 0.325 e. The molecule has 1 aliphatic rings. The van der Waals surface area contributed by atoms with E-state index in [1.54, 1.807) is 37.3 Å². The Hall–Kier alpha value is -3.55. The third-order valence-corrected chi connectivity index (χ3v) is 4.70. The van der Waals surface area contributed by atoms with Crippen molar-refractivity contribution in [2.24, 2.45) is 0 Å². The molecule has 146 valence electrons. The van der Waals surface area contributed by atoms with Crippen molar-refractivity contribution >= 4 is 17.8 Å². The Morgan fingerprint density at radius 3 is 2.50 bits per heavy atom. The SMILES string of the molecule is CC1(c2ccccc2)NC(=O)N(CC(=O)NCCc2ccc(O)c(O)c2)C1=O. The molecule has 0 radical (unpaired) electrons. The summed E-state index contributed by atoms with van der Waals surface area (Å²) in [5, 5.41) is 24.1. The van der Waals surface area contributed by atoms with Crippen LogP contribution in [-0.2, 0) is 21.5 Å². The van der Waals surface area contributed by atoms with E-state index in [4.69, 9.17) is 0 Å². The highest BCUT2D eigenvalue weighted by atomic mass is 16.3. The van der Waals surface area contributed by atoms with E-state index in [0.29, 0.717) is 12.0 Å². The van der Waals surface area contributed by atoms with E-state index in [1.807, 2.05) is 6.07 Å². The minimum absolute atomic E-state index is 0.215. The van der Waals surface area contributed by atoms with Gasteiger partial charge in [-0.15, -0.1) is 0 Å². The number of hydrogen-bond acceptors (Lipinski definition) is 5. The first-order valence-electron chi connectivity index (χ1n) is 8.78. The van der Waals surface area contributed by atoms with Crippen LogP contribution in [0.15, 0.2) is 48.5 Å². The normalized spacial score (nSPS) is 18.8. The molecule has 4 amide bonds. The second kappa shape index (κ2) is 7.59. The highest BCUT2D eigenvalue weighted by Crippen LogP contribution is 2.28. The van der Waals surface area contributed by atoms with Crippen LogP contribution in [0.25, 0.3) is 0 Å². The zero-order valence-corrected chi connectivity index (χ0v) is 15.3. The van der Waals surface area contributed by atoms with Crippen LogP contribution in [0.5, 0.6) is 11.5 Å². The number of imide groups is 1. The van der Waals surface area contributed by atoms with E-state index in [2.05, 4.69) is 10.6 Å². The predicted molar refractivity (Wildman–Crippen MR) is 101 cm³/mol. The molecule has 2 aromatic rings. The van der Waals surface area contributed by atoms with Crippen LogP contribution in [0.1, 0.15) is 18.1 Å².